The van der Waals surface area contributed by atoms with Crippen molar-refractivity contribution in [1.82, 2.24) is 13.7 Å². The van der Waals surface area contributed by atoms with Gasteiger partial charge in [-0.25, -0.2) is 4.85 Å². The Morgan fingerprint density at radius 3 is 1.53 bits per heavy atom. The van der Waals surface area contributed by atoms with Crippen molar-refractivity contribution in [2.75, 3.05) is 0 Å². The lowest BCUT2D eigenvalue weighted by molar-refractivity contribution is 1.13. The van der Waals surface area contributed by atoms with Gasteiger partial charge in [-0.2, -0.15) is 5.26 Å². The van der Waals surface area contributed by atoms with Crippen LogP contribution >= 0.6 is 0 Å². The molecule has 5 nitrogen and oxygen atoms in total. The maximum absolute atomic E-state index is 9.78. The van der Waals surface area contributed by atoms with E-state index < -0.39 is 0 Å². The Balaban J connectivity index is 1.21. The molecule has 0 bridgehead atoms. The van der Waals surface area contributed by atoms with Crippen molar-refractivity contribution in [3.63, 3.8) is 0 Å². The number of aromatic nitrogens is 3. The van der Waals surface area contributed by atoms with Crippen molar-refractivity contribution in [1.29, 1.82) is 5.26 Å². The summed E-state index contributed by atoms with van der Waals surface area (Å²) in [6, 6.07) is 64.0. The number of nitrogens with zero attached hydrogens (tertiary/aromatic N) is 5. The summed E-state index contributed by atoms with van der Waals surface area (Å²) >= 11 is 0. The summed E-state index contributed by atoms with van der Waals surface area (Å²) in [7, 11) is 0. The minimum atomic E-state index is 0.633. The van der Waals surface area contributed by atoms with Crippen LogP contribution in [-0.2, 0) is 0 Å². The van der Waals surface area contributed by atoms with E-state index in [1.54, 1.807) is 0 Å². The van der Waals surface area contributed by atoms with E-state index in [0.29, 0.717) is 11.3 Å². The Morgan fingerprint density at radius 2 is 0.927 bits per heavy atom. The molecule has 0 saturated carbocycles. The highest BCUT2D eigenvalue weighted by Gasteiger charge is 2.20. The number of rotatable bonds is 4. The number of nitriles is 1. The Hall–Kier alpha value is -7.86. The zero-order valence-electron chi connectivity index (χ0n) is 29.5. The fourth-order valence-corrected chi connectivity index (χ4v) is 8.71. The van der Waals surface area contributed by atoms with E-state index in [2.05, 4.69) is 176 Å². The van der Waals surface area contributed by atoms with Gasteiger partial charge in [-0.05, 0) is 89.8 Å². The van der Waals surface area contributed by atoms with Gasteiger partial charge >= 0.3 is 0 Å². The van der Waals surface area contributed by atoms with Gasteiger partial charge in [0.1, 0.15) is 0 Å². The minimum Gasteiger partial charge on any atom is -0.309 e. The average Bonchev–Trinajstić information content (AvgIpc) is 3.88. The Bertz CT molecular complexity index is 3420. The van der Waals surface area contributed by atoms with Crippen LogP contribution in [0, 0.1) is 17.9 Å². The zero-order valence-corrected chi connectivity index (χ0v) is 29.5. The first-order valence-corrected chi connectivity index (χ1v) is 18.3. The van der Waals surface area contributed by atoms with Crippen molar-refractivity contribution < 1.29 is 0 Å². The van der Waals surface area contributed by atoms with Crippen LogP contribution in [0.5, 0.6) is 0 Å². The van der Waals surface area contributed by atoms with Gasteiger partial charge in [-0.15, -0.1) is 0 Å². The molecule has 0 fully saturated rings. The summed E-state index contributed by atoms with van der Waals surface area (Å²) in [6.07, 6.45) is 0. The van der Waals surface area contributed by atoms with Crippen molar-refractivity contribution >= 4 is 71.1 Å². The molecule has 0 aliphatic rings. The molecule has 0 N–H and O–H groups in total. The topological polar surface area (TPSA) is 42.9 Å². The largest absolute Gasteiger partial charge is 0.309 e. The van der Waals surface area contributed by atoms with Gasteiger partial charge in [0, 0.05) is 43.9 Å². The quantitative estimate of drug-likeness (QED) is 0.169. The second-order valence-electron chi connectivity index (χ2n) is 14.0. The van der Waals surface area contributed by atoms with Gasteiger partial charge < -0.3 is 13.7 Å². The lowest BCUT2D eigenvalue weighted by Crippen LogP contribution is -2.02. The molecule has 11 aromatic rings. The molecule has 3 heterocycles. The Morgan fingerprint density at radius 1 is 0.418 bits per heavy atom. The summed E-state index contributed by atoms with van der Waals surface area (Å²) in [5.41, 5.74) is 13.2. The molecule has 0 amide bonds. The lowest BCUT2D eigenvalue weighted by atomic mass is 10.0. The second-order valence-corrected chi connectivity index (χ2v) is 14.0. The highest BCUT2D eigenvalue weighted by atomic mass is 15.0. The predicted molar refractivity (Wildman–Crippen MR) is 226 cm³/mol. The molecular formula is C50H29N5. The molecule has 11 rings (SSSR count). The summed E-state index contributed by atoms with van der Waals surface area (Å²) in [4.78, 5) is 3.73. The molecule has 0 atom stereocenters. The standard InChI is InChI=1S/C50H29N5/c1-52-34-22-26-49-43(29-34)41-16-5-7-18-45(41)53(49)35-12-10-11-33(28-35)37-24-23-36(54-44-17-6-4-15-40(44)42-27-32(31-51)21-25-48(42)54)30-50(37)55-46-19-8-2-13-38(46)39-14-3-9-20-47(39)55/h2-30H. The maximum atomic E-state index is 9.78. The molecule has 0 saturated heterocycles. The van der Waals surface area contributed by atoms with E-state index >= 15 is 0 Å². The summed E-state index contributed by atoms with van der Waals surface area (Å²) in [6.45, 7) is 7.66. The first kappa shape index (κ1) is 30.7. The monoisotopic (exact) mass is 699 g/mol. The van der Waals surface area contributed by atoms with E-state index in [1.165, 1.54) is 10.8 Å². The third-order valence-corrected chi connectivity index (χ3v) is 11.1. The van der Waals surface area contributed by atoms with Crippen LogP contribution in [0.3, 0.4) is 0 Å². The molecule has 5 heteroatoms. The molecule has 0 spiro atoms. The van der Waals surface area contributed by atoms with Crippen molar-refractivity contribution in [3.05, 3.63) is 193 Å². The summed E-state index contributed by atoms with van der Waals surface area (Å²) < 4.78 is 7.03. The Labute approximate surface area is 316 Å². The molecule has 0 radical (unpaired) electrons. The van der Waals surface area contributed by atoms with Crippen LogP contribution in [0.15, 0.2) is 176 Å². The minimum absolute atomic E-state index is 0.633. The van der Waals surface area contributed by atoms with Crippen molar-refractivity contribution in [2.45, 2.75) is 0 Å². The van der Waals surface area contributed by atoms with Crippen molar-refractivity contribution in [2.24, 2.45) is 0 Å². The van der Waals surface area contributed by atoms with Gasteiger partial charge in [0.15, 0.2) is 5.69 Å². The molecular weight excluding hydrogens is 671 g/mol. The van der Waals surface area contributed by atoms with Gasteiger partial charge in [0.2, 0.25) is 0 Å². The third kappa shape index (κ3) is 4.51. The van der Waals surface area contributed by atoms with Crippen LogP contribution in [0.1, 0.15) is 5.56 Å². The fraction of sp³-hybridized carbons (Fsp3) is 0. The number of fused-ring (bicyclic) bond motifs is 9. The van der Waals surface area contributed by atoms with Crippen LogP contribution in [0.4, 0.5) is 5.69 Å². The molecule has 254 valence electrons. The number of hydrogen-bond acceptors (Lipinski definition) is 1. The first-order valence-electron chi connectivity index (χ1n) is 18.3. The predicted octanol–water partition coefficient (Wildman–Crippen LogP) is 13.1. The molecule has 0 aliphatic heterocycles. The lowest BCUT2D eigenvalue weighted by Gasteiger charge is -2.18. The average molecular weight is 700 g/mol. The molecule has 0 aliphatic carbocycles. The third-order valence-electron chi connectivity index (χ3n) is 11.1. The molecule has 3 aromatic heterocycles. The fourth-order valence-electron chi connectivity index (χ4n) is 8.71. The first-order chi connectivity index (χ1) is 27.2. The smallest absolute Gasteiger partial charge is 0.188 e. The number of hydrogen-bond donors (Lipinski definition) is 0. The van der Waals surface area contributed by atoms with Crippen molar-refractivity contribution in [3.8, 4) is 34.3 Å². The normalized spacial score (nSPS) is 11.6. The van der Waals surface area contributed by atoms with E-state index in [0.717, 1.165) is 82.8 Å². The zero-order chi connectivity index (χ0) is 36.6. The van der Waals surface area contributed by atoms with Gasteiger partial charge in [0.05, 0.1) is 57.0 Å². The van der Waals surface area contributed by atoms with Crippen LogP contribution < -0.4 is 0 Å². The van der Waals surface area contributed by atoms with E-state index in [9.17, 15) is 5.26 Å². The SMILES string of the molecule is [C-]#[N+]c1ccc2c(c1)c1ccccc1n2-c1cccc(-c2ccc(-n3c4ccccc4c4cc(C#N)ccc43)cc2-n2c3ccccc3c3ccccc32)c1. The van der Waals surface area contributed by atoms with Gasteiger partial charge in [-0.3, -0.25) is 0 Å². The highest BCUT2D eigenvalue weighted by Crippen LogP contribution is 2.41. The van der Waals surface area contributed by atoms with E-state index in [1.807, 2.05) is 24.3 Å². The molecule has 0 unspecified atom stereocenters. The number of para-hydroxylation sites is 4. The summed E-state index contributed by atoms with van der Waals surface area (Å²) in [5, 5.41) is 16.5. The van der Waals surface area contributed by atoms with Gasteiger partial charge in [0.25, 0.3) is 0 Å². The second kappa shape index (κ2) is 11.8. The molecule has 55 heavy (non-hydrogen) atoms. The van der Waals surface area contributed by atoms with Gasteiger partial charge in [-0.1, -0.05) is 97.1 Å². The van der Waals surface area contributed by atoms with Crippen LogP contribution in [-0.4, -0.2) is 13.7 Å². The Kier molecular flexibility index (Phi) is 6.61. The van der Waals surface area contributed by atoms with Crippen LogP contribution in [0.2, 0.25) is 0 Å². The van der Waals surface area contributed by atoms with E-state index in [4.69, 9.17) is 6.57 Å². The number of benzene rings is 8. The summed E-state index contributed by atoms with van der Waals surface area (Å²) in [5.74, 6) is 0. The van der Waals surface area contributed by atoms with Crippen LogP contribution in [0.25, 0.3) is 98.5 Å². The maximum Gasteiger partial charge on any atom is 0.188 e. The molecule has 8 aromatic carbocycles. The van der Waals surface area contributed by atoms with E-state index in [-0.39, 0.29) is 0 Å². The highest BCUT2D eigenvalue weighted by molar-refractivity contribution is 6.12.